The van der Waals surface area contributed by atoms with Gasteiger partial charge in [0.25, 0.3) is 0 Å². The molecule has 4 nitrogen and oxygen atoms in total. The summed E-state index contributed by atoms with van der Waals surface area (Å²) in [4.78, 5) is 11.3. The van der Waals surface area contributed by atoms with Crippen LogP contribution in [0.1, 0.15) is 26.3 Å². The maximum atomic E-state index is 11.3. The summed E-state index contributed by atoms with van der Waals surface area (Å²) in [6.45, 7) is 5.77. The predicted molar refractivity (Wildman–Crippen MR) is 70.5 cm³/mol. The van der Waals surface area contributed by atoms with Crippen LogP contribution in [0.25, 0.3) is 0 Å². The second-order valence-electron chi connectivity index (χ2n) is 4.33. The zero-order valence-corrected chi connectivity index (χ0v) is 12.1. The van der Waals surface area contributed by atoms with Crippen LogP contribution in [-0.2, 0) is 11.3 Å². The van der Waals surface area contributed by atoms with Crippen molar-refractivity contribution in [2.24, 2.45) is 0 Å². The number of hydrogen-bond donors (Lipinski definition) is 2. The SMILES string of the molecule is CC(C)(C)OC(=O)NNCc1cc(Cl)sc1Cl. The third kappa shape index (κ3) is 5.59. The third-order valence-electron chi connectivity index (χ3n) is 1.60. The molecule has 0 aliphatic rings. The molecule has 0 radical (unpaired) electrons. The number of carbonyl (C=O) groups excluding carboxylic acids is 1. The van der Waals surface area contributed by atoms with E-state index in [1.54, 1.807) is 26.8 Å². The van der Waals surface area contributed by atoms with Gasteiger partial charge >= 0.3 is 6.09 Å². The molecule has 17 heavy (non-hydrogen) atoms. The van der Waals surface area contributed by atoms with Gasteiger partial charge in [-0.2, -0.15) is 0 Å². The van der Waals surface area contributed by atoms with Gasteiger partial charge in [0.15, 0.2) is 0 Å². The van der Waals surface area contributed by atoms with Crippen LogP contribution in [0.3, 0.4) is 0 Å². The summed E-state index contributed by atoms with van der Waals surface area (Å²) in [5, 5.41) is 0. The summed E-state index contributed by atoms with van der Waals surface area (Å²) < 4.78 is 6.26. The quantitative estimate of drug-likeness (QED) is 0.838. The maximum Gasteiger partial charge on any atom is 0.422 e. The number of carbonyl (C=O) groups is 1. The summed E-state index contributed by atoms with van der Waals surface area (Å²) in [7, 11) is 0. The lowest BCUT2D eigenvalue weighted by Gasteiger charge is -2.19. The molecule has 0 atom stereocenters. The summed E-state index contributed by atoms with van der Waals surface area (Å²) in [5.74, 6) is 0. The van der Waals surface area contributed by atoms with E-state index in [0.29, 0.717) is 15.2 Å². The topological polar surface area (TPSA) is 50.4 Å². The standard InChI is InChI=1S/C10H14Cl2N2O2S/c1-10(2,3)16-9(15)14-13-5-6-4-7(11)17-8(6)12/h4,13H,5H2,1-3H3,(H,14,15). The molecule has 0 aromatic carbocycles. The number of amides is 1. The first-order valence-electron chi connectivity index (χ1n) is 4.93. The molecule has 0 saturated heterocycles. The number of hydrogen-bond acceptors (Lipinski definition) is 4. The van der Waals surface area contributed by atoms with E-state index in [-0.39, 0.29) is 0 Å². The average molecular weight is 297 g/mol. The molecule has 0 unspecified atom stereocenters. The van der Waals surface area contributed by atoms with Crippen LogP contribution in [-0.4, -0.2) is 11.7 Å². The fraction of sp³-hybridized carbons (Fsp3) is 0.500. The van der Waals surface area contributed by atoms with Crippen LogP contribution in [0.5, 0.6) is 0 Å². The lowest BCUT2D eigenvalue weighted by Crippen LogP contribution is -2.40. The Morgan fingerprint density at radius 2 is 2.12 bits per heavy atom. The van der Waals surface area contributed by atoms with E-state index in [1.165, 1.54) is 11.3 Å². The van der Waals surface area contributed by atoms with Crippen LogP contribution < -0.4 is 10.9 Å². The van der Waals surface area contributed by atoms with Crippen molar-refractivity contribution >= 4 is 40.6 Å². The van der Waals surface area contributed by atoms with Crippen LogP contribution in [0.4, 0.5) is 4.79 Å². The van der Waals surface area contributed by atoms with E-state index in [1.807, 2.05) is 0 Å². The van der Waals surface area contributed by atoms with E-state index < -0.39 is 11.7 Å². The minimum atomic E-state index is -0.532. The van der Waals surface area contributed by atoms with Crippen molar-refractivity contribution in [3.63, 3.8) is 0 Å². The highest BCUT2D eigenvalue weighted by molar-refractivity contribution is 7.20. The van der Waals surface area contributed by atoms with E-state index in [4.69, 9.17) is 27.9 Å². The van der Waals surface area contributed by atoms with Gasteiger partial charge in [-0.1, -0.05) is 23.2 Å². The molecule has 1 rings (SSSR count). The van der Waals surface area contributed by atoms with Gasteiger partial charge in [0, 0.05) is 6.54 Å². The molecule has 0 aliphatic carbocycles. The average Bonchev–Trinajstić information content (AvgIpc) is 2.42. The van der Waals surface area contributed by atoms with Gasteiger partial charge in [-0.3, -0.25) is 5.43 Å². The number of rotatable bonds is 3. The minimum Gasteiger partial charge on any atom is -0.443 e. The second-order valence-corrected chi connectivity index (χ2v) is 6.62. The first-order valence-corrected chi connectivity index (χ1v) is 6.51. The Balaban J connectivity index is 2.33. The highest BCUT2D eigenvalue weighted by atomic mass is 35.5. The Hall–Kier alpha value is -0.490. The molecule has 0 fully saturated rings. The van der Waals surface area contributed by atoms with Crippen molar-refractivity contribution in [2.45, 2.75) is 32.9 Å². The molecule has 7 heteroatoms. The predicted octanol–water partition coefficient (Wildman–Crippen LogP) is 3.58. The van der Waals surface area contributed by atoms with Gasteiger partial charge in [-0.05, 0) is 32.4 Å². The highest BCUT2D eigenvalue weighted by Gasteiger charge is 2.15. The fourth-order valence-corrected chi connectivity index (χ4v) is 2.50. The zero-order valence-electron chi connectivity index (χ0n) is 9.77. The molecule has 2 N–H and O–H groups in total. The monoisotopic (exact) mass is 296 g/mol. The van der Waals surface area contributed by atoms with Gasteiger partial charge in [0.05, 0.1) is 8.67 Å². The summed E-state index contributed by atoms with van der Waals surface area (Å²) >= 11 is 13.0. The third-order valence-corrected chi connectivity index (χ3v) is 3.16. The maximum absolute atomic E-state index is 11.3. The fourth-order valence-electron chi connectivity index (χ4n) is 1.01. The van der Waals surface area contributed by atoms with Crippen LogP contribution in [0, 0.1) is 0 Å². The van der Waals surface area contributed by atoms with Crippen LogP contribution in [0.2, 0.25) is 8.67 Å². The van der Waals surface area contributed by atoms with Crippen molar-refractivity contribution in [2.75, 3.05) is 0 Å². The first kappa shape index (κ1) is 14.6. The summed E-state index contributed by atoms with van der Waals surface area (Å²) in [5.41, 5.74) is 5.45. The van der Waals surface area contributed by atoms with Crippen molar-refractivity contribution in [3.8, 4) is 0 Å². The summed E-state index contributed by atoms with van der Waals surface area (Å²) in [6.07, 6.45) is -0.532. The van der Waals surface area contributed by atoms with Crippen molar-refractivity contribution in [1.82, 2.24) is 10.9 Å². The Morgan fingerprint density at radius 3 is 2.59 bits per heavy atom. The van der Waals surface area contributed by atoms with Crippen molar-refractivity contribution in [1.29, 1.82) is 0 Å². The normalized spacial score (nSPS) is 11.4. The Labute approximate surface area is 114 Å². The molecular formula is C10H14Cl2N2O2S. The molecule has 96 valence electrons. The summed E-state index contributed by atoms with van der Waals surface area (Å²) in [6, 6.07) is 1.75. The molecule has 0 bridgehead atoms. The van der Waals surface area contributed by atoms with Crippen LogP contribution >= 0.6 is 34.5 Å². The lowest BCUT2D eigenvalue weighted by molar-refractivity contribution is 0.0497. The van der Waals surface area contributed by atoms with E-state index in [2.05, 4.69) is 10.9 Å². The molecule has 1 heterocycles. The molecular weight excluding hydrogens is 283 g/mol. The molecule has 1 amide bonds. The Kier molecular flexibility index (Phi) is 5.06. The molecule has 1 aromatic rings. The van der Waals surface area contributed by atoms with Gasteiger partial charge in [-0.15, -0.1) is 11.3 Å². The van der Waals surface area contributed by atoms with Gasteiger partial charge in [-0.25, -0.2) is 10.2 Å². The molecule has 0 spiro atoms. The lowest BCUT2D eigenvalue weighted by atomic mass is 10.2. The van der Waals surface area contributed by atoms with Crippen molar-refractivity contribution in [3.05, 3.63) is 20.3 Å². The number of ether oxygens (including phenoxy) is 1. The Bertz CT molecular complexity index is 402. The van der Waals surface area contributed by atoms with E-state index in [9.17, 15) is 4.79 Å². The van der Waals surface area contributed by atoms with Gasteiger partial charge < -0.3 is 4.74 Å². The molecule has 0 aliphatic heterocycles. The van der Waals surface area contributed by atoms with Gasteiger partial charge in [0.2, 0.25) is 0 Å². The Morgan fingerprint density at radius 1 is 1.47 bits per heavy atom. The van der Waals surface area contributed by atoms with Crippen molar-refractivity contribution < 1.29 is 9.53 Å². The first-order chi connectivity index (χ1) is 7.78. The number of nitrogens with one attached hydrogen (secondary N) is 2. The number of hydrazine groups is 1. The smallest absolute Gasteiger partial charge is 0.422 e. The second kappa shape index (κ2) is 5.91. The molecule has 0 saturated carbocycles. The van der Waals surface area contributed by atoms with E-state index in [0.717, 1.165) is 5.56 Å². The number of halogens is 2. The van der Waals surface area contributed by atoms with Gasteiger partial charge in [0.1, 0.15) is 5.60 Å². The van der Waals surface area contributed by atoms with Crippen LogP contribution in [0.15, 0.2) is 6.07 Å². The highest BCUT2D eigenvalue weighted by Crippen LogP contribution is 2.30. The number of thiophene rings is 1. The minimum absolute atomic E-state index is 0.390. The molecule has 1 aromatic heterocycles. The van der Waals surface area contributed by atoms with E-state index >= 15 is 0 Å². The largest absolute Gasteiger partial charge is 0.443 e. The zero-order chi connectivity index (χ0) is 13.1.